The Morgan fingerprint density at radius 3 is 1.14 bits per heavy atom. The standard InChI is InChI=1S/C14H28/c1-13(2,3)9-11-7-8-12(11)10-14(4,5)6/h11-12H,7-10H2,1-6H3/t11-,12+. The first kappa shape index (κ1) is 12.1. The van der Waals surface area contributed by atoms with Crippen molar-refractivity contribution in [2.75, 3.05) is 0 Å². The van der Waals surface area contributed by atoms with Gasteiger partial charge in [0.1, 0.15) is 0 Å². The van der Waals surface area contributed by atoms with Gasteiger partial charge in [0, 0.05) is 0 Å². The summed E-state index contributed by atoms with van der Waals surface area (Å²) in [5.74, 6) is 2.04. The Balaban J connectivity index is 2.36. The largest absolute Gasteiger partial charge is 0.0602 e. The van der Waals surface area contributed by atoms with Crippen molar-refractivity contribution in [1.29, 1.82) is 0 Å². The monoisotopic (exact) mass is 196 g/mol. The highest BCUT2D eigenvalue weighted by atomic mass is 14.4. The van der Waals surface area contributed by atoms with Gasteiger partial charge in [-0.1, -0.05) is 41.5 Å². The predicted octanol–water partition coefficient (Wildman–Crippen LogP) is 4.89. The Kier molecular flexibility index (Phi) is 3.33. The van der Waals surface area contributed by atoms with E-state index < -0.39 is 0 Å². The van der Waals surface area contributed by atoms with E-state index in [9.17, 15) is 0 Å². The van der Waals surface area contributed by atoms with Crippen LogP contribution in [0.1, 0.15) is 67.2 Å². The fourth-order valence-corrected chi connectivity index (χ4v) is 2.75. The molecule has 0 nitrogen and oxygen atoms in total. The van der Waals surface area contributed by atoms with E-state index in [0.29, 0.717) is 10.8 Å². The Morgan fingerprint density at radius 2 is 1.00 bits per heavy atom. The molecule has 0 N–H and O–H groups in total. The molecule has 1 fully saturated rings. The van der Waals surface area contributed by atoms with Crippen molar-refractivity contribution in [3.05, 3.63) is 0 Å². The quantitative estimate of drug-likeness (QED) is 0.590. The van der Waals surface area contributed by atoms with E-state index >= 15 is 0 Å². The molecule has 0 aromatic rings. The van der Waals surface area contributed by atoms with Crippen LogP contribution < -0.4 is 0 Å². The molecule has 0 amide bonds. The van der Waals surface area contributed by atoms with Crippen LogP contribution >= 0.6 is 0 Å². The molecule has 1 rings (SSSR count). The van der Waals surface area contributed by atoms with E-state index in [4.69, 9.17) is 0 Å². The molecule has 0 aromatic heterocycles. The van der Waals surface area contributed by atoms with Crippen LogP contribution in [0.2, 0.25) is 0 Å². The zero-order chi connectivity index (χ0) is 11.0. The van der Waals surface area contributed by atoms with Crippen LogP contribution in [0.3, 0.4) is 0 Å². The number of rotatable bonds is 2. The summed E-state index contributed by atoms with van der Waals surface area (Å²) in [5, 5.41) is 0. The fourth-order valence-electron chi connectivity index (χ4n) is 2.75. The van der Waals surface area contributed by atoms with E-state index in [-0.39, 0.29) is 0 Å². The molecule has 14 heavy (non-hydrogen) atoms. The Hall–Kier alpha value is 0. The smallest absolute Gasteiger partial charge is 0.0380 e. The molecular weight excluding hydrogens is 168 g/mol. The Labute approximate surface area is 90.5 Å². The van der Waals surface area contributed by atoms with Crippen molar-refractivity contribution in [3.63, 3.8) is 0 Å². The lowest BCUT2D eigenvalue weighted by Crippen LogP contribution is -2.32. The van der Waals surface area contributed by atoms with Gasteiger partial charge in [-0.3, -0.25) is 0 Å². The molecule has 1 aliphatic rings. The highest BCUT2D eigenvalue weighted by Crippen LogP contribution is 2.46. The van der Waals surface area contributed by atoms with Gasteiger partial charge < -0.3 is 0 Å². The van der Waals surface area contributed by atoms with Crippen LogP contribution in [-0.4, -0.2) is 0 Å². The predicted molar refractivity (Wildman–Crippen MR) is 64.4 cm³/mol. The minimum atomic E-state index is 0.529. The second-order valence-electron chi connectivity index (χ2n) is 7.63. The normalized spacial score (nSPS) is 28.7. The topological polar surface area (TPSA) is 0 Å². The van der Waals surface area contributed by atoms with E-state index in [2.05, 4.69) is 41.5 Å². The van der Waals surface area contributed by atoms with Crippen molar-refractivity contribution < 1.29 is 0 Å². The summed E-state index contributed by atoms with van der Waals surface area (Å²) < 4.78 is 0. The van der Waals surface area contributed by atoms with Crippen LogP contribution in [0.5, 0.6) is 0 Å². The minimum Gasteiger partial charge on any atom is -0.0602 e. The van der Waals surface area contributed by atoms with Gasteiger partial charge in [0.2, 0.25) is 0 Å². The van der Waals surface area contributed by atoms with Gasteiger partial charge in [-0.15, -0.1) is 0 Å². The van der Waals surface area contributed by atoms with Crippen molar-refractivity contribution in [1.82, 2.24) is 0 Å². The zero-order valence-corrected chi connectivity index (χ0v) is 11.0. The van der Waals surface area contributed by atoms with Crippen LogP contribution in [0.4, 0.5) is 0 Å². The summed E-state index contributed by atoms with van der Waals surface area (Å²) >= 11 is 0. The molecule has 0 aliphatic heterocycles. The van der Waals surface area contributed by atoms with Gasteiger partial charge in [-0.25, -0.2) is 0 Å². The van der Waals surface area contributed by atoms with Crippen LogP contribution in [0.25, 0.3) is 0 Å². The Bertz CT molecular complexity index is 155. The van der Waals surface area contributed by atoms with Crippen molar-refractivity contribution in [2.24, 2.45) is 22.7 Å². The lowest BCUT2D eigenvalue weighted by Gasteiger charge is -2.43. The maximum Gasteiger partial charge on any atom is -0.0380 e. The Morgan fingerprint density at radius 1 is 0.714 bits per heavy atom. The van der Waals surface area contributed by atoms with Crippen molar-refractivity contribution in [2.45, 2.75) is 67.2 Å². The third kappa shape index (κ3) is 4.02. The molecule has 0 heteroatoms. The summed E-state index contributed by atoms with van der Waals surface area (Å²) in [5.41, 5.74) is 1.06. The molecule has 0 spiro atoms. The highest BCUT2D eigenvalue weighted by molar-refractivity contribution is 4.86. The van der Waals surface area contributed by atoms with Gasteiger partial charge in [-0.2, -0.15) is 0 Å². The van der Waals surface area contributed by atoms with Gasteiger partial charge in [0.25, 0.3) is 0 Å². The molecule has 0 bridgehead atoms. The summed E-state index contributed by atoms with van der Waals surface area (Å²) in [4.78, 5) is 0. The first-order valence-corrected chi connectivity index (χ1v) is 6.17. The van der Waals surface area contributed by atoms with E-state index in [0.717, 1.165) is 11.8 Å². The van der Waals surface area contributed by atoms with Crippen molar-refractivity contribution in [3.8, 4) is 0 Å². The van der Waals surface area contributed by atoms with Gasteiger partial charge >= 0.3 is 0 Å². The molecule has 0 unspecified atom stereocenters. The molecule has 0 saturated heterocycles. The number of hydrogen-bond donors (Lipinski definition) is 0. The van der Waals surface area contributed by atoms with E-state index in [1.807, 2.05) is 0 Å². The third-order valence-electron chi connectivity index (χ3n) is 3.32. The fraction of sp³-hybridized carbons (Fsp3) is 1.00. The van der Waals surface area contributed by atoms with Gasteiger partial charge in [0.05, 0.1) is 0 Å². The minimum absolute atomic E-state index is 0.529. The molecule has 0 aromatic carbocycles. The first-order chi connectivity index (χ1) is 6.17. The zero-order valence-electron chi connectivity index (χ0n) is 11.0. The van der Waals surface area contributed by atoms with Gasteiger partial charge in [-0.05, 0) is 48.3 Å². The van der Waals surface area contributed by atoms with Crippen LogP contribution in [-0.2, 0) is 0 Å². The first-order valence-electron chi connectivity index (χ1n) is 6.17. The van der Waals surface area contributed by atoms with Crippen molar-refractivity contribution >= 4 is 0 Å². The number of hydrogen-bond acceptors (Lipinski definition) is 0. The molecule has 0 heterocycles. The van der Waals surface area contributed by atoms with Crippen LogP contribution in [0.15, 0.2) is 0 Å². The molecule has 84 valence electrons. The lowest BCUT2D eigenvalue weighted by molar-refractivity contribution is 0.0793. The van der Waals surface area contributed by atoms with E-state index in [1.54, 1.807) is 0 Å². The third-order valence-corrected chi connectivity index (χ3v) is 3.32. The maximum absolute atomic E-state index is 2.37. The average molecular weight is 196 g/mol. The average Bonchev–Trinajstić information content (AvgIpc) is 1.91. The summed E-state index contributed by atoms with van der Waals surface area (Å²) in [7, 11) is 0. The maximum atomic E-state index is 2.37. The van der Waals surface area contributed by atoms with Crippen LogP contribution in [0, 0.1) is 22.7 Å². The molecule has 0 radical (unpaired) electrons. The lowest BCUT2D eigenvalue weighted by atomic mass is 9.63. The van der Waals surface area contributed by atoms with Gasteiger partial charge in [0.15, 0.2) is 0 Å². The second kappa shape index (κ2) is 3.87. The molecule has 1 aliphatic carbocycles. The summed E-state index contributed by atoms with van der Waals surface area (Å²) in [6.45, 7) is 14.2. The SMILES string of the molecule is CC(C)(C)C[C@H]1CC[C@H]1CC(C)(C)C. The highest BCUT2D eigenvalue weighted by Gasteiger charge is 2.35. The molecule has 1 saturated carbocycles. The molecular formula is C14H28. The second-order valence-corrected chi connectivity index (χ2v) is 7.63. The van der Waals surface area contributed by atoms with E-state index in [1.165, 1.54) is 25.7 Å². The summed E-state index contributed by atoms with van der Waals surface area (Å²) in [6, 6.07) is 0. The summed E-state index contributed by atoms with van der Waals surface area (Å²) in [6.07, 6.45) is 5.82. The molecule has 2 atom stereocenters.